The number of fused-ring (bicyclic) bond motifs is 4. The summed E-state index contributed by atoms with van der Waals surface area (Å²) < 4.78 is 5.61. The molecule has 1 fully saturated rings. The van der Waals surface area contributed by atoms with Gasteiger partial charge in [0, 0.05) is 35.0 Å². The molecule has 1 aromatic carbocycles. The number of aromatic hydroxyl groups is 1. The molecule has 0 spiro atoms. The third-order valence-electron chi connectivity index (χ3n) is 6.84. The van der Waals surface area contributed by atoms with Crippen LogP contribution < -0.4 is 0 Å². The first-order chi connectivity index (χ1) is 10.7. The van der Waals surface area contributed by atoms with Crippen LogP contribution in [-0.4, -0.2) is 41.8 Å². The number of aryl methyl sites for hydroxylation is 1. The Hall–Kier alpha value is -1.32. The van der Waals surface area contributed by atoms with Crippen LogP contribution in [0.5, 0.6) is 5.75 Å². The van der Waals surface area contributed by atoms with Crippen molar-refractivity contribution in [2.45, 2.75) is 51.0 Å². The summed E-state index contributed by atoms with van der Waals surface area (Å²) in [6, 6.07) is 4.26. The van der Waals surface area contributed by atoms with Crippen molar-refractivity contribution in [1.29, 1.82) is 0 Å². The van der Waals surface area contributed by atoms with Gasteiger partial charge in [-0.3, -0.25) is 4.90 Å². The SMILES string of the molecule is C=CCOCCN1CC2(C)c3c(ccc(C)c3O)C2(C)C1(C)C. The first-order valence-electron chi connectivity index (χ1n) is 8.49. The second kappa shape index (κ2) is 5.09. The fourth-order valence-electron chi connectivity index (χ4n) is 4.99. The molecule has 2 unspecified atom stereocenters. The van der Waals surface area contributed by atoms with Gasteiger partial charge in [0.05, 0.1) is 13.2 Å². The number of phenols is 1. The van der Waals surface area contributed by atoms with Gasteiger partial charge in [0.1, 0.15) is 5.75 Å². The molecule has 0 radical (unpaired) electrons. The van der Waals surface area contributed by atoms with Crippen LogP contribution in [0.3, 0.4) is 0 Å². The number of ether oxygens (including phenoxy) is 1. The van der Waals surface area contributed by atoms with Crippen LogP contribution in [0.25, 0.3) is 0 Å². The van der Waals surface area contributed by atoms with E-state index in [1.54, 1.807) is 6.08 Å². The van der Waals surface area contributed by atoms with E-state index < -0.39 is 0 Å². The molecule has 0 aromatic heterocycles. The van der Waals surface area contributed by atoms with E-state index in [9.17, 15) is 5.11 Å². The maximum atomic E-state index is 10.6. The van der Waals surface area contributed by atoms with Gasteiger partial charge in [-0.1, -0.05) is 32.1 Å². The first kappa shape index (κ1) is 16.5. The van der Waals surface area contributed by atoms with Gasteiger partial charge in [-0.05, 0) is 31.9 Å². The lowest BCUT2D eigenvalue weighted by atomic mass is 9.44. The van der Waals surface area contributed by atoms with Gasteiger partial charge in [0.2, 0.25) is 0 Å². The van der Waals surface area contributed by atoms with E-state index in [2.05, 4.69) is 45.2 Å². The maximum Gasteiger partial charge on any atom is 0.122 e. The Labute approximate surface area is 140 Å². The molecule has 1 heterocycles. The van der Waals surface area contributed by atoms with Gasteiger partial charge in [0.25, 0.3) is 0 Å². The fourth-order valence-corrected chi connectivity index (χ4v) is 4.99. The Bertz CT molecular complexity index is 651. The highest BCUT2D eigenvalue weighted by atomic mass is 16.5. The van der Waals surface area contributed by atoms with Gasteiger partial charge >= 0.3 is 0 Å². The lowest BCUT2D eigenvalue weighted by Gasteiger charge is -2.58. The Morgan fingerprint density at radius 3 is 2.65 bits per heavy atom. The second-order valence-corrected chi connectivity index (χ2v) is 7.95. The molecule has 23 heavy (non-hydrogen) atoms. The van der Waals surface area contributed by atoms with Gasteiger partial charge in [-0.25, -0.2) is 0 Å². The van der Waals surface area contributed by atoms with E-state index in [0.717, 1.165) is 24.2 Å². The number of rotatable bonds is 5. The molecule has 3 rings (SSSR count). The minimum Gasteiger partial charge on any atom is -0.507 e. The topological polar surface area (TPSA) is 32.7 Å². The number of likely N-dealkylation sites (tertiary alicyclic amines) is 1. The summed E-state index contributed by atoms with van der Waals surface area (Å²) in [5.41, 5.74) is 3.48. The lowest BCUT2D eigenvalue weighted by molar-refractivity contribution is 0.0681. The van der Waals surface area contributed by atoms with E-state index in [-0.39, 0.29) is 16.4 Å². The Morgan fingerprint density at radius 1 is 1.30 bits per heavy atom. The van der Waals surface area contributed by atoms with Crippen molar-refractivity contribution in [3.8, 4) is 5.75 Å². The number of benzene rings is 1. The highest BCUT2D eigenvalue weighted by molar-refractivity contribution is 5.66. The molecule has 0 saturated carbocycles. The molecule has 1 aromatic rings. The van der Waals surface area contributed by atoms with Gasteiger partial charge in [-0.2, -0.15) is 0 Å². The molecule has 2 atom stereocenters. The molecular weight excluding hydrogens is 286 g/mol. The summed E-state index contributed by atoms with van der Waals surface area (Å²) in [4.78, 5) is 2.52. The van der Waals surface area contributed by atoms with E-state index >= 15 is 0 Å². The van der Waals surface area contributed by atoms with Gasteiger partial charge in [-0.15, -0.1) is 6.58 Å². The number of hydrogen-bond acceptors (Lipinski definition) is 3. The van der Waals surface area contributed by atoms with Crippen LogP contribution in [0, 0.1) is 6.92 Å². The predicted octanol–water partition coefficient (Wildman–Crippen LogP) is 3.53. The normalized spacial score (nSPS) is 31.3. The van der Waals surface area contributed by atoms with Crippen molar-refractivity contribution >= 4 is 0 Å². The third-order valence-corrected chi connectivity index (χ3v) is 6.84. The summed E-state index contributed by atoms with van der Waals surface area (Å²) in [5, 5.41) is 10.6. The highest BCUT2D eigenvalue weighted by Gasteiger charge is 2.71. The van der Waals surface area contributed by atoms with Gasteiger partial charge in [0.15, 0.2) is 0 Å². The summed E-state index contributed by atoms with van der Waals surface area (Å²) in [6.45, 7) is 18.2. The maximum absolute atomic E-state index is 10.6. The van der Waals surface area contributed by atoms with Crippen molar-refractivity contribution in [2.75, 3.05) is 26.3 Å². The van der Waals surface area contributed by atoms with Gasteiger partial charge < -0.3 is 9.84 Å². The average Bonchev–Trinajstić information content (AvgIpc) is 2.62. The van der Waals surface area contributed by atoms with Crippen LogP contribution in [0.1, 0.15) is 44.4 Å². The number of phenolic OH excluding ortho intramolecular Hbond substituents is 1. The summed E-state index contributed by atoms with van der Waals surface area (Å²) >= 11 is 0. The molecule has 3 heteroatoms. The molecule has 2 aliphatic rings. The zero-order valence-corrected chi connectivity index (χ0v) is 15.1. The van der Waals surface area contributed by atoms with E-state index in [1.807, 2.05) is 13.0 Å². The number of nitrogens with zero attached hydrogens (tertiary/aromatic N) is 1. The zero-order chi connectivity index (χ0) is 17.0. The van der Waals surface area contributed by atoms with Crippen molar-refractivity contribution < 1.29 is 9.84 Å². The van der Waals surface area contributed by atoms with Crippen molar-refractivity contribution in [2.24, 2.45) is 0 Å². The third kappa shape index (κ3) is 1.84. The van der Waals surface area contributed by atoms with Crippen LogP contribution in [0.2, 0.25) is 0 Å². The van der Waals surface area contributed by atoms with Crippen molar-refractivity contribution in [1.82, 2.24) is 4.90 Å². The Balaban J connectivity index is 1.95. The second-order valence-electron chi connectivity index (χ2n) is 7.95. The monoisotopic (exact) mass is 315 g/mol. The van der Waals surface area contributed by atoms with Crippen molar-refractivity contribution in [3.05, 3.63) is 41.5 Å². The number of hydrogen-bond donors (Lipinski definition) is 1. The van der Waals surface area contributed by atoms with Crippen LogP contribution >= 0.6 is 0 Å². The van der Waals surface area contributed by atoms with E-state index in [4.69, 9.17) is 4.74 Å². The summed E-state index contributed by atoms with van der Waals surface area (Å²) in [5.74, 6) is 0.489. The smallest absolute Gasteiger partial charge is 0.122 e. The predicted molar refractivity (Wildman–Crippen MR) is 94.2 cm³/mol. The van der Waals surface area contributed by atoms with Crippen molar-refractivity contribution in [3.63, 3.8) is 0 Å². The molecule has 3 nitrogen and oxygen atoms in total. The largest absolute Gasteiger partial charge is 0.507 e. The molecule has 1 N–H and O–H groups in total. The zero-order valence-electron chi connectivity index (χ0n) is 15.1. The minimum atomic E-state index is -0.0135. The van der Waals surface area contributed by atoms with E-state index in [1.165, 1.54) is 5.56 Å². The Morgan fingerprint density at radius 2 is 2.00 bits per heavy atom. The molecular formula is C20H29NO2. The van der Waals surface area contributed by atoms with Crippen LogP contribution in [0.15, 0.2) is 24.8 Å². The quantitative estimate of drug-likeness (QED) is 0.666. The highest BCUT2D eigenvalue weighted by Crippen LogP contribution is 2.68. The molecule has 1 aliphatic heterocycles. The lowest BCUT2D eigenvalue weighted by Crippen LogP contribution is -2.61. The van der Waals surface area contributed by atoms with E-state index in [0.29, 0.717) is 19.0 Å². The summed E-state index contributed by atoms with van der Waals surface area (Å²) in [7, 11) is 0. The fraction of sp³-hybridized carbons (Fsp3) is 0.600. The van der Waals surface area contributed by atoms with Crippen LogP contribution in [-0.2, 0) is 15.6 Å². The molecule has 1 saturated heterocycles. The Kier molecular flexibility index (Phi) is 3.66. The summed E-state index contributed by atoms with van der Waals surface area (Å²) in [6.07, 6.45) is 1.79. The molecule has 126 valence electrons. The standard InChI is InChI=1S/C20H29NO2/c1-7-11-23-12-10-21-13-19(5)16-15(9-8-14(2)17(16)22)20(19,6)18(21,3)4/h7-9,22H,1,10-13H2,2-6H3. The average molecular weight is 315 g/mol. The molecule has 1 aliphatic carbocycles. The van der Waals surface area contributed by atoms with Crippen LogP contribution in [0.4, 0.5) is 0 Å². The first-order valence-corrected chi connectivity index (χ1v) is 8.49. The minimum absolute atomic E-state index is 0.0135. The molecule has 0 bridgehead atoms. The molecule has 0 amide bonds.